The fraction of sp³-hybridized carbons (Fsp3) is 0.391. The van der Waals surface area contributed by atoms with Gasteiger partial charge in [0.15, 0.2) is 22.9 Å². The van der Waals surface area contributed by atoms with E-state index in [1.165, 1.54) is 0 Å². The van der Waals surface area contributed by atoms with Gasteiger partial charge < -0.3 is 19.5 Å². The number of rotatable bonds is 10. The lowest BCUT2D eigenvalue weighted by molar-refractivity contribution is 0.0947. The number of benzene rings is 1. The van der Waals surface area contributed by atoms with E-state index in [9.17, 15) is 4.79 Å². The highest BCUT2D eigenvalue weighted by Crippen LogP contribution is 2.28. The number of pyridine rings is 1. The summed E-state index contributed by atoms with van der Waals surface area (Å²) in [6, 6.07) is 9.58. The van der Waals surface area contributed by atoms with Crippen LogP contribution in [0.2, 0.25) is 0 Å². The summed E-state index contributed by atoms with van der Waals surface area (Å²) in [6.07, 6.45) is 2.51. The minimum Gasteiger partial charge on any atom is -0.490 e. The first-order chi connectivity index (χ1) is 14.6. The van der Waals surface area contributed by atoms with Gasteiger partial charge >= 0.3 is 0 Å². The van der Waals surface area contributed by atoms with Gasteiger partial charge in [-0.05, 0) is 63.9 Å². The van der Waals surface area contributed by atoms with E-state index in [0.29, 0.717) is 55.6 Å². The lowest BCUT2D eigenvalue weighted by atomic mass is 10.1. The maximum Gasteiger partial charge on any atom is 0.270 e. The molecule has 0 atom stereocenters. The van der Waals surface area contributed by atoms with Gasteiger partial charge in [0.1, 0.15) is 5.69 Å². The number of imidazole rings is 1. The predicted molar refractivity (Wildman–Crippen MR) is 116 cm³/mol. The molecule has 0 radical (unpaired) electrons. The van der Waals surface area contributed by atoms with E-state index in [4.69, 9.17) is 14.2 Å². The topological polar surface area (TPSA) is 74.1 Å². The molecule has 0 saturated heterocycles. The van der Waals surface area contributed by atoms with E-state index < -0.39 is 0 Å². The smallest absolute Gasteiger partial charge is 0.270 e. The number of hydrogen-bond donors (Lipinski definition) is 1. The Labute approximate surface area is 177 Å². The molecule has 2 aromatic heterocycles. The van der Waals surface area contributed by atoms with Crippen molar-refractivity contribution in [2.24, 2.45) is 0 Å². The van der Waals surface area contributed by atoms with Crippen LogP contribution >= 0.6 is 0 Å². The SMILES string of the molecule is CCOc1ccc(CCNC(=O)c2c(C)nc3c(OCC)cccn23)cc1OCC. The lowest BCUT2D eigenvalue weighted by Gasteiger charge is -2.13. The molecule has 0 saturated carbocycles. The fourth-order valence-corrected chi connectivity index (χ4v) is 3.35. The van der Waals surface area contributed by atoms with E-state index in [1.54, 1.807) is 4.40 Å². The van der Waals surface area contributed by atoms with Crippen LogP contribution in [0.1, 0.15) is 42.5 Å². The van der Waals surface area contributed by atoms with Gasteiger partial charge in [-0.1, -0.05) is 6.07 Å². The van der Waals surface area contributed by atoms with Crippen LogP contribution in [0.5, 0.6) is 17.2 Å². The first kappa shape index (κ1) is 21.5. The third kappa shape index (κ3) is 4.67. The normalized spacial score (nSPS) is 10.8. The molecular weight excluding hydrogens is 382 g/mol. The van der Waals surface area contributed by atoms with E-state index >= 15 is 0 Å². The molecule has 0 fully saturated rings. The Balaban J connectivity index is 1.70. The standard InChI is InChI=1S/C23H29N3O4/c1-5-28-18-11-10-17(15-20(18)30-7-3)12-13-24-23(27)21-16(4)25-22-19(29-6-2)9-8-14-26(21)22/h8-11,14-15H,5-7,12-13H2,1-4H3,(H,24,27). The van der Waals surface area contributed by atoms with Gasteiger partial charge in [-0.2, -0.15) is 0 Å². The van der Waals surface area contributed by atoms with Crippen LogP contribution < -0.4 is 19.5 Å². The number of carbonyl (C=O) groups is 1. The molecule has 3 aromatic rings. The van der Waals surface area contributed by atoms with Gasteiger partial charge in [0, 0.05) is 12.7 Å². The number of aromatic nitrogens is 2. The van der Waals surface area contributed by atoms with Gasteiger partial charge in [-0.25, -0.2) is 4.98 Å². The van der Waals surface area contributed by atoms with E-state index in [-0.39, 0.29) is 5.91 Å². The zero-order chi connectivity index (χ0) is 21.5. The summed E-state index contributed by atoms with van der Waals surface area (Å²) >= 11 is 0. The number of amides is 1. The first-order valence-electron chi connectivity index (χ1n) is 10.4. The van der Waals surface area contributed by atoms with E-state index in [2.05, 4.69) is 10.3 Å². The fourth-order valence-electron chi connectivity index (χ4n) is 3.35. The third-order valence-corrected chi connectivity index (χ3v) is 4.61. The van der Waals surface area contributed by atoms with Crippen LogP contribution in [-0.2, 0) is 6.42 Å². The molecule has 0 aliphatic heterocycles. The van der Waals surface area contributed by atoms with Crippen molar-refractivity contribution in [1.29, 1.82) is 0 Å². The molecule has 7 nitrogen and oxygen atoms in total. The molecule has 0 spiro atoms. The molecule has 0 aliphatic carbocycles. The average molecular weight is 412 g/mol. The molecule has 0 bridgehead atoms. The highest BCUT2D eigenvalue weighted by atomic mass is 16.5. The Morgan fingerprint density at radius 1 is 1.00 bits per heavy atom. The molecule has 7 heteroatoms. The Hall–Kier alpha value is -3.22. The molecule has 0 unspecified atom stereocenters. The summed E-state index contributed by atoms with van der Waals surface area (Å²) < 4.78 is 18.7. The Bertz CT molecular complexity index is 1010. The predicted octanol–water partition coefficient (Wildman–Crippen LogP) is 3.81. The largest absolute Gasteiger partial charge is 0.490 e. The van der Waals surface area contributed by atoms with Crippen molar-refractivity contribution in [2.45, 2.75) is 34.1 Å². The van der Waals surface area contributed by atoms with Crippen LogP contribution in [0.15, 0.2) is 36.5 Å². The number of nitrogens with one attached hydrogen (secondary N) is 1. The zero-order valence-electron chi connectivity index (χ0n) is 18.0. The van der Waals surface area contributed by atoms with Crippen molar-refractivity contribution in [3.8, 4) is 17.2 Å². The highest BCUT2D eigenvalue weighted by Gasteiger charge is 2.18. The third-order valence-electron chi connectivity index (χ3n) is 4.61. The molecule has 30 heavy (non-hydrogen) atoms. The van der Waals surface area contributed by atoms with Gasteiger partial charge in [-0.15, -0.1) is 0 Å². The number of carbonyl (C=O) groups excluding carboxylic acids is 1. The molecule has 2 heterocycles. The highest BCUT2D eigenvalue weighted by molar-refractivity contribution is 5.95. The van der Waals surface area contributed by atoms with Crippen molar-refractivity contribution in [3.05, 3.63) is 53.5 Å². The summed E-state index contributed by atoms with van der Waals surface area (Å²) in [5.41, 5.74) is 2.90. The van der Waals surface area contributed by atoms with E-state index in [1.807, 2.05) is 64.2 Å². The summed E-state index contributed by atoms with van der Waals surface area (Å²) in [6.45, 7) is 9.82. The van der Waals surface area contributed by atoms with Crippen LogP contribution in [0.3, 0.4) is 0 Å². The van der Waals surface area contributed by atoms with Crippen molar-refractivity contribution in [1.82, 2.24) is 14.7 Å². The number of nitrogens with zero attached hydrogens (tertiary/aromatic N) is 2. The Morgan fingerprint density at radius 3 is 2.43 bits per heavy atom. The molecular formula is C23H29N3O4. The molecule has 0 aliphatic rings. The number of ether oxygens (including phenoxy) is 3. The summed E-state index contributed by atoms with van der Waals surface area (Å²) in [7, 11) is 0. The lowest BCUT2D eigenvalue weighted by Crippen LogP contribution is -2.27. The number of fused-ring (bicyclic) bond motifs is 1. The second kappa shape index (κ2) is 10.0. The van der Waals surface area contributed by atoms with Crippen LogP contribution in [-0.4, -0.2) is 41.7 Å². The second-order valence-corrected chi connectivity index (χ2v) is 6.70. The zero-order valence-corrected chi connectivity index (χ0v) is 18.0. The molecule has 1 N–H and O–H groups in total. The van der Waals surface area contributed by atoms with Crippen LogP contribution in [0.4, 0.5) is 0 Å². The van der Waals surface area contributed by atoms with Gasteiger partial charge in [0.05, 0.1) is 25.5 Å². The molecule has 160 valence electrons. The monoisotopic (exact) mass is 411 g/mol. The molecule has 1 aromatic carbocycles. The van der Waals surface area contributed by atoms with Crippen molar-refractivity contribution < 1.29 is 19.0 Å². The Morgan fingerprint density at radius 2 is 1.70 bits per heavy atom. The second-order valence-electron chi connectivity index (χ2n) is 6.70. The van der Waals surface area contributed by atoms with Gasteiger partial charge in [0.25, 0.3) is 5.91 Å². The quantitative estimate of drug-likeness (QED) is 0.549. The maximum absolute atomic E-state index is 12.9. The van der Waals surface area contributed by atoms with Crippen molar-refractivity contribution in [3.63, 3.8) is 0 Å². The van der Waals surface area contributed by atoms with Gasteiger partial charge in [-0.3, -0.25) is 9.20 Å². The minimum atomic E-state index is -0.162. The molecule has 3 rings (SSSR count). The maximum atomic E-state index is 12.9. The van der Waals surface area contributed by atoms with Crippen LogP contribution in [0.25, 0.3) is 5.65 Å². The van der Waals surface area contributed by atoms with Crippen molar-refractivity contribution >= 4 is 11.6 Å². The van der Waals surface area contributed by atoms with Crippen molar-refractivity contribution in [2.75, 3.05) is 26.4 Å². The number of hydrogen-bond acceptors (Lipinski definition) is 5. The molecule has 1 amide bonds. The Kier molecular flexibility index (Phi) is 7.17. The van der Waals surface area contributed by atoms with Crippen LogP contribution in [0, 0.1) is 6.92 Å². The van der Waals surface area contributed by atoms with Gasteiger partial charge in [0.2, 0.25) is 0 Å². The summed E-state index contributed by atoms with van der Waals surface area (Å²) in [4.78, 5) is 17.4. The summed E-state index contributed by atoms with van der Waals surface area (Å²) in [5, 5.41) is 3.00. The number of aryl methyl sites for hydroxylation is 1. The minimum absolute atomic E-state index is 0.162. The summed E-state index contributed by atoms with van der Waals surface area (Å²) in [5.74, 6) is 1.97. The first-order valence-corrected chi connectivity index (χ1v) is 10.4. The van der Waals surface area contributed by atoms with E-state index in [0.717, 1.165) is 17.1 Å². The average Bonchev–Trinajstić information content (AvgIpc) is 3.07.